The van der Waals surface area contributed by atoms with Crippen molar-refractivity contribution in [1.82, 2.24) is 0 Å². The molecule has 0 amide bonds. The Morgan fingerprint density at radius 3 is 2.08 bits per heavy atom. The molecule has 1 aliphatic rings. The Morgan fingerprint density at radius 1 is 1.23 bits per heavy atom. The topological polar surface area (TPSA) is 35.2 Å². The van der Waals surface area contributed by atoms with E-state index < -0.39 is 18.1 Å². The molecule has 0 bridgehead atoms. The van der Waals surface area contributed by atoms with Crippen molar-refractivity contribution in [3.8, 4) is 0 Å². The maximum absolute atomic E-state index is 12.1. The van der Waals surface area contributed by atoms with Crippen LogP contribution in [0.15, 0.2) is 0 Å². The molecular weight excluding hydrogens is 207 g/mol. The second-order valence-electron chi connectivity index (χ2n) is 3.02. The number of alkyl halides is 3. The van der Waals surface area contributed by atoms with E-state index >= 15 is 0 Å². The molecule has 0 saturated carbocycles. The van der Waals surface area contributed by atoms with Crippen LogP contribution in [0.2, 0.25) is 0 Å². The van der Waals surface area contributed by atoms with Gasteiger partial charge in [-0.1, -0.05) is 0 Å². The Hall–Kier alpha value is -0.0000000000000000555. The predicted octanol–water partition coefficient (Wildman–Crippen LogP) is 1.72. The summed E-state index contributed by atoms with van der Waals surface area (Å²) in [6, 6.07) is -1.68. The predicted molar refractivity (Wildman–Crippen MR) is 44.8 cm³/mol. The van der Waals surface area contributed by atoms with E-state index in [0.29, 0.717) is 26.1 Å². The lowest BCUT2D eigenvalue weighted by molar-refractivity contribution is -0.165. The van der Waals surface area contributed by atoms with Crippen LogP contribution in [0.25, 0.3) is 0 Å². The summed E-state index contributed by atoms with van der Waals surface area (Å²) in [4.78, 5) is 0. The number of hydrogen-bond donors (Lipinski definition) is 1. The second-order valence-corrected chi connectivity index (χ2v) is 3.02. The van der Waals surface area contributed by atoms with Crippen molar-refractivity contribution >= 4 is 12.4 Å². The zero-order valence-corrected chi connectivity index (χ0v) is 7.83. The van der Waals surface area contributed by atoms with Crippen LogP contribution >= 0.6 is 12.4 Å². The Bertz CT molecular complexity index is 147. The van der Waals surface area contributed by atoms with Crippen molar-refractivity contribution in [3.05, 3.63) is 0 Å². The molecule has 6 heteroatoms. The van der Waals surface area contributed by atoms with Crippen LogP contribution in [0.5, 0.6) is 0 Å². The van der Waals surface area contributed by atoms with Gasteiger partial charge in [-0.15, -0.1) is 12.4 Å². The number of hydrogen-bond acceptors (Lipinski definition) is 2. The van der Waals surface area contributed by atoms with Gasteiger partial charge in [-0.2, -0.15) is 13.2 Å². The van der Waals surface area contributed by atoms with Gasteiger partial charge >= 0.3 is 6.18 Å². The van der Waals surface area contributed by atoms with Crippen molar-refractivity contribution in [2.24, 2.45) is 11.7 Å². The molecule has 1 atom stereocenters. The van der Waals surface area contributed by atoms with Gasteiger partial charge in [0.05, 0.1) is 0 Å². The maximum Gasteiger partial charge on any atom is 0.403 e. The molecule has 1 heterocycles. The first-order valence-electron chi connectivity index (χ1n) is 3.92. The quantitative estimate of drug-likeness (QED) is 0.729. The second kappa shape index (κ2) is 5.02. The van der Waals surface area contributed by atoms with Gasteiger partial charge in [0, 0.05) is 13.2 Å². The van der Waals surface area contributed by atoms with E-state index in [4.69, 9.17) is 10.5 Å². The Balaban J connectivity index is 0.00000144. The minimum Gasteiger partial charge on any atom is -0.381 e. The SMILES string of the molecule is Cl.N[C@@H](C1CCOCC1)C(F)(F)F. The summed E-state index contributed by atoms with van der Waals surface area (Å²) in [7, 11) is 0. The lowest BCUT2D eigenvalue weighted by Gasteiger charge is -2.28. The molecule has 0 aromatic carbocycles. The fourth-order valence-corrected chi connectivity index (χ4v) is 1.34. The zero-order valence-electron chi connectivity index (χ0n) is 7.01. The average molecular weight is 220 g/mol. The van der Waals surface area contributed by atoms with E-state index in [1.165, 1.54) is 0 Å². The van der Waals surface area contributed by atoms with Gasteiger partial charge in [-0.05, 0) is 18.8 Å². The molecule has 1 saturated heterocycles. The molecule has 0 aromatic heterocycles. The standard InChI is InChI=1S/C7H12F3NO.ClH/c8-7(9,10)6(11)5-1-3-12-4-2-5;/h5-6H,1-4,11H2;1H/t6-;/m0./s1. The van der Waals surface area contributed by atoms with Gasteiger partial charge in [-0.3, -0.25) is 0 Å². The Morgan fingerprint density at radius 2 is 1.69 bits per heavy atom. The third kappa shape index (κ3) is 3.70. The van der Waals surface area contributed by atoms with Gasteiger partial charge in [0.15, 0.2) is 0 Å². The lowest BCUT2D eigenvalue weighted by Crippen LogP contribution is -2.45. The number of halogens is 4. The van der Waals surface area contributed by atoms with Gasteiger partial charge in [-0.25, -0.2) is 0 Å². The molecule has 80 valence electrons. The highest BCUT2D eigenvalue weighted by molar-refractivity contribution is 5.85. The molecule has 0 aromatic rings. The summed E-state index contributed by atoms with van der Waals surface area (Å²) in [5.74, 6) is -0.459. The van der Waals surface area contributed by atoms with Crippen molar-refractivity contribution in [1.29, 1.82) is 0 Å². The van der Waals surface area contributed by atoms with E-state index in [1.807, 2.05) is 0 Å². The van der Waals surface area contributed by atoms with Crippen LogP contribution in [-0.2, 0) is 4.74 Å². The largest absolute Gasteiger partial charge is 0.403 e. The third-order valence-electron chi connectivity index (χ3n) is 2.15. The van der Waals surface area contributed by atoms with E-state index in [9.17, 15) is 13.2 Å². The molecular formula is C7H13ClF3NO. The lowest BCUT2D eigenvalue weighted by atomic mass is 9.92. The molecule has 0 radical (unpaired) electrons. The fraction of sp³-hybridized carbons (Fsp3) is 1.00. The van der Waals surface area contributed by atoms with Gasteiger partial charge in [0.25, 0.3) is 0 Å². The van der Waals surface area contributed by atoms with Gasteiger partial charge in [0.2, 0.25) is 0 Å². The van der Waals surface area contributed by atoms with Crippen LogP contribution in [0.1, 0.15) is 12.8 Å². The third-order valence-corrected chi connectivity index (χ3v) is 2.15. The van der Waals surface area contributed by atoms with Crippen molar-refractivity contribution in [2.45, 2.75) is 25.1 Å². The molecule has 1 aliphatic heterocycles. The van der Waals surface area contributed by atoms with E-state index in [2.05, 4.69) is 0 Å². The summed E-state index contributed by atoms with van der Waals surface area (Å²) in [6.07, 6.45) is -3.43. The van der Waals surface area contributed by atoms with Crippen LogP contribution in [0.3, 0.4) is 0 Å². The summed E-state index contributed by atoms with van der Waals surface area (Å²) in [5.41, 5.74) is 5.04. The van der Waals surface area contributed by atoms with Crippen LogP contribution in [0, 0.1) is 5.92 Å². The molecule has 0 aliphatic carbocycles. The Labute approximate surface area is 81.0 Å². The average Bonchev–Trinajstić information content (AvgIpc) is 2.03. The molecule has 1 fully saturated rings. The zero-order chi connectivity index (χ0) is 9.19. The molecule has 2 N–H and O–H groups in total. The minimum absolute atomic E-state index is 0. The first kappa shape index (κ1) is 13.0. The highest BCUT2D eigenvalue weighted by Crippen LogP contribution is 2.29. The van der Waals surface area contributed by atoms with E-state index in [1.54, 1.807) is 0 Å². The molecule has 1 rings (SSSR count). The van der Waals surface area contributed by atoms with E-state index in [0.717, 1.165) is 0 Å². The van der Waals surface area contributed by atoms with Gasteiger partial charge in [0.1, 0.15) is 6.04 Å². The smallest absolute Gasteiger partial charge is 0.381 e. The normalized spacial score (nSPS) is 22.2. The first-order chi connectivity index (χ1) is 5.52. The fourth-order valence-electron chi connectivity index (χ4n) is 1.34. The number of nitrogens with two attached hydrogens (primary N) is 1. The highest BCUT2D eigenvalue weighted by atomic mass is 35.5. The van der Waals surface area contributed by atoms with Crippen molar-refractivity contribution in [2.75, 3.05) is 13.2 Å². The maximum atomic E-state index is 12.1. The van der Waals surface area contributed by atoms with E-state index in [-0.39, 0.29) is 12.4 Å². The minimum atomic E-state index is -4.26. The molecule has 0 spiro atoms. The van der Waals surface area contributed by atoms with Crippen LogP contribution in [0.4, 0.5) is 13.2 Å². The molecule has 2 nitrogen and oxygen atoms in total. The van der Waals surface area contributed by atoms with Crippen LogP contribution < -0.4 is 5.73 Å². The summed E-state index contributed by atoms with van der Waals surface area (Å²) in [6.45, 7) is 0.795. The summed E-state index contributed by atoms with van der Waals surface area (Å²) < 4.78 is 41.1. The number of ether oxygens (including phenoxy) is 1. The Kier molecular flexibility index (Phi) is 5.02. The van der Waals surface area contributed by atoms with Crippen molar-refractivity contribution < 1.29 is 17.9 Å². The molecule has 13 heavy (non-hydrogen) atoms. The highest BCUT2D eigenvalue weighted by Gasteiger charge is 2.42. The summed E-state index contributed by atoms with van der Waals surface area (Å²) >= 11 is 0. The summed E-state index contributed by atoms with van der Waals surface area (Å²) in [5, 5.41) is 0. The first-order valence-corrected chi connectivity index (χ1v) is 3.92. The van der Waals surface area contributed by atoms with Crippen LogP contribution in [-0.4, -0.2) is 25.4 Å². The van der Waals surface area contributed by atoms with Gasteiger partial charge < -0.3 is 10.5 Å². The monoisotopic (exact) mass is 219 g/mol. The van der Waals surface area contributed by atoms with Crippen molar-refractivity contribution in [3.63, 3.8) is 0 Å². The molecule has 0 unspecified atom stereocenters. The number of rotatable bonds is 1.